The summed E-state index contributed by atoms with van der Waals surface area (Å²) < 4.78 is 27.8. The highest BCUT2D eigenvalue weighted by molar-refractivity contribution is 7.89. The highest BCUT2D eigenvalue weighted by atomic mass is 32.2. The second kappa shape index (κ2) is 10.00. The predicted molar refractivity (Wildman–Crippen MR) is 151 cm³/mol. The van der Waals surface area contributed by atoms with Crippen LogP contribution in [0.2, 0.25) is 0 Å². The summed E-state index contributed by atoms with van der Waals surface area (Å²) in [5.41, 5.74) is 12.1. The molecule has 2 atom stereocenters. The third kappa shape index (κ3) is 4.73. The maximum atomic E-state index is 12.7. The molecule has 6 rings (SSSR count). The number of benzene rings is 3. The van der Waals surface area contributed by atoms with Gasteiger partial charge in [0, 0.05) is 17.8 Å². The van der Waals surface area contributed by atoms with Gasteiger partial charge in [0.05, 0.1) is 16.1 Å². The molecule has 0 aliphatic heterocycles. The van der Waals surface area contributed by atoms with Crippen LogP contribution in [0.25, 0.3) is 27.2 Å². The molecule has 0 fully saturated rings. The Bertz CT molecular complexity index is 1800. The molecule has 0 spiro atoms. The van der Waals surface area contributed by atoms with Crippen molar-refractivity contribution in [3.05, 3.63) is 95.2 Å². The van der Waals surface area contributed by atoms with E-state index in [0.717, 1.165) is 30.3 Å². The van der Waals surface area contributed by atoms with Crippen molar-refractivity contribution in [2.75, 3.05) is 6.54 Å². The Morgan fingerprint density at radius 1 is 1.05 bits per heavy atom. The van der Waals surface area contributed by atoms with Gasteiger partial charge in [-0.05, 0) is 71.4 Å². The lowest BCUT2D eigenvalue weighted by atomic mass is 9.74. The number of nitrogens with one attached hydrogen (secondary N) is 1. The van der Waals surface area contributed by atoms with Crippen molar-refractivity contribution in [2.24, 2.45) is 5.73 Å². The van der Waals surface area contributed by atoms with Gasteiger partial charge in [0.2, 0.25) is 10.0 Å². The first-order chi connectivity index (χ1) is 18.8. The van der Waals surface area contributed by atoms with Gasteiger partial charge in [-0.15, -0.1) is 0 Å². The Morgan fingerprint density at radius 2 is 1.87 bits per heavy atom. The Balaban J connectivity index is 1.28. The fraction of sp³-hybridized carbons (Fsp3) is 0.233. The summed E-state index contributed by atoms with van der Waals surface area (Å²) in [7, 11) is -3.85. The SMILES string of the molecule is NC(CCNS(=O)(=O)c1ccc2cc(C3CC=CC4=C3CCc3c4ccc4ccccc34)nnc2c1)C(=O)O. The Labute approximate surface area is 226 Å². The number of aromatic nitrogens is 2. The van der Waals surface area contributed by atoms with Crippen LogP contribution in [-0.2, 0) is 21.2 Å². The number of hydrogen-bond acceptors (Lipinski definition) is 6. The molecular weight excluding hydrogens is 512 g/mol. The van der Waals surface area contributed by atoms with E-state index in [9.17, 15) is 13.2 Å². The summed E-state index contributed by atoms with van der Waals surface area (Å²) in [6.45, 7) is -0.0793. The van der Waals surface area contributed by atoms with Crippen molar-refractivity contribution in [3.63, 3.8) is 0 Å². The van der Waals surface area contributed by atoms with Crippen molar-refractivity contribution in [3.8, 4) is 0 Å². The Kier molecular flexibility index (Phi) is 6.50. The third-order valence-corrected chi connectivity index (χ3v) is 9.17. The number of rotatable bonds is 7. The van der Waals surface area contributed by atoms with Crippen molar-refractivity contribution >= 4 is 43.2 Å². The van der Waals surface area contributed by atoms with E-state index < -0.39 is 22.0 Å². The molecule has 2 aliphatic rings. The van der Waals surface area contributed by atoms with Gasteiger partial charge in [0.15, 0.2) is 0 Å². The van der Waals surface area contributed by atoms with Gasteiger partial charge in [0.1, 0.15) is 6.04 Å². The highest BCUT2D eigenvalue weighted by Gasteiger charge is 2.29. The molecule has 1 aromatic heterocycles. The largest absolute Gasteiger partial charge is 0.480 e. The maximum absolute atomic E-state index is 12.7. The minimum Gasteiger partial charge on any atom is -0.480 e. The number of aryl methyl sites for hydroxylation is 1. The number of sulfonamides is 1. The first-order valence-electron chi connectivity index (χ1n) is 13.0. The summed E-state index contributed by atoms with van der Waals surface area (Å²) in [4.78, 5) is 10.9. The van der Waals surface area contributed by atoms with Crippen LogP contribution in [-0.4, -0.2) is 42.3 Å². The lowest BCUT2D eigenvalue weighted by Gasteiger charge is -2.30. The molecule has 0 radical (unpaired) electrons. The first kappa shape index (κ1) is 25.4. The average molecular weight is 541 g/mol. The zero-order chi connectivity index (χ0) is 27.1. The molecule has 0 saturated carbocycles. The monoisotopic (exact) mass is 540 g/mol. The van der Waals surface area contributed by atoms with E-state index in [1.165, 1.54) is 45.2 Å². The standard InChI is InChI=1S/C30H28N4O4S/c31-27(30(35)36)14-15-32-39(37,38)20-10-8-19-16-29(34-33-28(19)17-20)26-7-3-6-22-24-11-9-18-4-1-2-5-21(18)23(24)12-13-25(22)26/h1-6,8-11,16-17,26-27,32H,7,12-15,31H2,(H,35,36). The molecule has 8 nitrogen and oxygen atoms in total. The van der Waals surface area contributed by atoms with Crippen LogP contribution in [0, 0.1) is 0 Å². The molecule has 2 unspecified atom stereocenters. The minimum absolute atomic E-state index is 0.0142. The van der Waals surface area contributed by atoms with Crippen LogP contribution in [0.4, 0.5) is 0 Å². The van der Waals surface area contributed by atoms with Crippen molar-refractivity contribution in [1.82, 2.24) is 14.9 Å². The van der Waals surface area contributed by atoms with Crippen LogP contribution in [0.1, 0.15) is 42.0 Å². The number of nitrogens with zero attached hydrogens (tertiary/aromatic N) is 2. The van der Waals surface area contributed by atoms with E-state index in [-0.39, 0.29) is 23.8 Å². The molecule has 2 aliphatic carbocycles. The van der Waals surface area contributed by atoms with Crippen molar-refractivity contribution < 1.29 is 18.3 Å². The van der Waals surface area contributed by atoms with Gasteiger partial charge in [-0.1, -0.05) is 60.2 Å². The molecule has 198 valence electrons. The van der Waals surface area contributed by atoms with Gasteiger partial charge in [0.25, 0.3) is 0 Å². The Hall–Kier alpha value is -3.92. The molecule has 39 heavy (non-hydrogen) atoms. The van der Waals surface area contributed by atoms with Crippen LogP contribution in [0.15, 0.2) is 83.3 Å². The zero-order valence-electron chi connectivity index (χ0n) is 21.2. The maximum Gasteiger partial charge on any atom is 0.320 e. The van der Waals surface area contributed by atoms with Gasteiger partial charge in [-0.3, -0.25) is 4.79 Å². The second-order valence-corrected chi connectivity index (χ2v) is 11.8. The topological polar surface area (TPSA) is 135 Å². The van der Waals surface area contributed by atoms with E-state index in [2.05, 4.69) is 63.5 Å². The second-order valence-electron chi connectivity index (χ2n) is 10.1. The first-order valence-corrected chi connectivity index (χ1v) is 14.5. The molecule has 0 saturated heterocycles. The lowest BCUT2D eigenvalue weighted by molar-refractivity contribution is -0.138. The molecular formula is C30H28N4O4S. The zero-order valence-corrected chi connectivity index (χ0v) is 22.0. The molecule has 4 aromatic rings. The van der Waals surface area contributed by atoms with Gasteiger partial charge >= 0.3 is 5.97 Å². The normalized spacial score (nSPS) is 17.7. The fourth-order valence-corrected chi connectivity index (χ4v) is 6.74. The minimum atomic E-state index is -3.85. The van der Waals surface area contributed by atoms with Crippen molar-refractivity contribution in [1.29, 1.82) is 0 Å². The number of hydrogen-bond donors (Lipinski definition) is 3. The average Bonchev–Trinajstić information content (AvgIpc) is 2.95. The summed E-state index contributed by atoms with van der Waals surface area (Å²) in [5.74, 6) is -1.06. The number of carbonyl (C=O) groups is 1. The number of carboxylic acids is 1. The van der Waals surface area contributed by atoms with E-state index in [4.69, 9.17) is 10.8 Å². The van der Waals surface area contributed by atoms with Crippen molar-refractivity contribution in [2.45, 2.75) is 42.5 Å². The molecule has 3 aromatic carbocycles. The number of carboxylic acid groups (broad SMARTS) is 1. The fourth-order valence-electron chi connectivity index (χ4n) is 5.67. The molecule has 4 N–H and O–H groups in total. The summed E-state index contributed by atoms with van der Waals surface area (Å²) in [6.07, 6.45) is 7.21. The van der Waals surface area contributed by atoms with Gasteiger partial charge < -0.3 is 10.8 Å². The number of allylic oxidation sites excluding steroid dienone is 4. The predicted octanol–water partition coefficient (Wildman–Crippen LogP) is 4.31. The smallest absolute Gasteiger partial charge is 0.320 e. The molecule has 1 heterocycles. The quantitative estimate of drug-likeness (QED) is 0.318. The van der Waals surface area contributed by atoms with Gasteiger partial charge in [-0.25, -0.2) is 13.1 Å². The van der Waals surface area contributed by atoms with E-state index in [1.54, 1.807) is 6.07 Å². The number of aliphatic carboxylic acids is 1. The van der Waals surface area contributed by atoms with E-state index in [0.29, 0.717) is 5.52 Å². The van der Waals surface area contributed by atoms with E-state index >= 15 is 0 Å². The highest BCUT2D eigenvalue weighted by Crippen LogP contribution is 2.45. The van der Waals surface area contributed by atoms with Crippen LogP contribution < -0.4 is 10.5 Å². The Morgan fingerprint density at radius 3 is 2.72 bits per heavy atom. The summed E-state index contributed by atoms with van der Waals surface area (Å²) >= 11 is 0. The molecule has 0 amide bonds. The van der Waals surface area contributed by atoms with Crippen LogP contribution in [0.3, 0.4) is 0 Å². The van der Waals surface area contributed by atoms with E-state index in [1.807, 2.05) is 6.07 Å². The molecule has 9 heteroatoms. The summed E-state index contributed by atoms with van der Waals surface area (Å²) in [5, 5.41) is 21.2. The number of fused-ring (bicyclic) bond motifs is 5. The lowest BCUT2D eigenvalue weighted by Crippen LogP contribution is -2.35. The number of nitrogens with two attached hydrogens (primary N) is 1. The third-order valence-electron chi connectivity index (χ3n) is 7.71. The van der Waals surface area contributed by atoms with Gasteiger partial charge in [-0.2, -0.15) is 10.2 Å². The molecule has 0 bridgehead atoms. The van der Waals surface area contributed by atoms with Crippen LogP contribution in [0.5, 0.6) is 0 Å². The van der Waals surface area contributed by atoms with Crippen LogP contribution >= 0.6 is 0 Å². The summed E-state index contributed by atoms with van der Waals surface area (Å²) in [6, 6.07) is 18.6.